The summed E-state index contributed by atoms with van der Waals surface area (Å²) in [5.41, 5.74) is 0.174. The SMILES string of the molecule is C=CCOC(=O)[C@H](COCc1ccccc1)NC(=O)[C@@H](NC(=O)[C@H](CC(C)C)N(C)C(=O)OC(C)(C)C)[C@H](C)CC. The van der Waals surface area contributed by atoms with Crippen LogP contribution in [-0.4, -0.2) is 72.8 Å². The van der Waals surface area contributed by atoms with E-state index in [1.807, 2.05) is 58.0 Å². The Labute approximate surface area is 245 Å². The van der Waals surface area contributed by atoms with E-state index in [-0.39, 0.29) is 31.7 Å². The van der Waals surface area contributed by atoms with Gasteiger partial charge in [-0.3, -0.25) is 14.5 Å². The highest BCUT2D eigenvalue weighted by molar-refractivity contribution is 5.93. The van der Waals surface area contributed by atoms with Crippen molar-refractivity contribution < 1.29 is 33.4 Å². The van der Waals surface area contributed by atoms with Crippen molar-refractivity contribution in [1.82, 2.24) is 15.5 Å². The first-order valence-corrected chi connectivity index (χ1v) is 14.2. The molecule has 0 aliphatic rings. The zero-order valence-electron chi connectivity index (χ0n) is 25.9. The van der Waals surface area contributed by atoms with Gasteiger partial charge in [0.1, 0.15) is 24.3 Å². The van der Waals surface area contributed by atoms with Crippen molar-refractivity contribution in [2.24, 2.45) is 11.8 Å². The number of carbonyl (C=O) groups is 4. The lowest BCUT2D eigenvalue weighted by Crippen LogP contribution is -2.58. The number of nitrogens with one attached hydrogen (secondary N) is 2. The summed E-state index contributed by atoms with van der Waals surface area (Å²) in [5, 5.41) is 5.53. The summed E-state index contributed by atoms with van der Waals surface area (Å²) in [7, 11) is 1.51. The van der Waals surface area contributed by atoms with Crippen molar-refractivity contribution in [3.63, 3.8) is 0 Å². The molecule has 0 aliphatic carbocycles. The van der Waals surface area contributed by atoms with E-state index in [0.717, 1.165) is 5.56 Å². The fourth-order valence-corrected chi connectivity index (χ4v) is 3.84. The predicted molar refractivity (Wildman–Crippen MR) is 158 cm³/mol. The molecular formula is C31H49N3O7. The minimum Gasteiger partial charge on any atom is -0.460 e. The molecule has 0 unspecified atom stereocenters. The van der Waals surface area contributed by atoms with E-state index < -0.39 is 47.6 Å². The monoisotopic (exact) mass is 575 g/mol. The van der Waals surface area contributed by atoms with Crippen LogP contribution in [0.1, 0.15) is 66.9 Å². The van der Waals surface area contributed by atoms with Gasteiger partial charge in [0, 0.05) is 7.05 Å². The van der Waals surface area contributed by atoms with Gasteiger partial charge < -0.3 is 24.8 Å². The van der Waals surface area contributed by atoms with E-state index in [4.69, 9.17) is 14.2 Å². The molecule has 0 saturated carbocycles. The highest BCUT2D eigenvalue weighted by Crippen LogP contribution is 2.17. The van der Waals surface area contributed by atoms with E-state index in [1.165, 1.54) is 18.0 Å². The Kier molecular flexibility index (Phi) is 15.1. The minimum atomic E-state index is -1.11. The Morgan fingerprint density at radius 2 is 1.66 bits per heavy atom. The van der Waals surface area contributed by atoms with Gasteiger partial charge in [-0.1, -0.05) is 77.1 Å². The quantitative estimate of drug-likeness (QED) is 0.223. The lowest BCUT2D eigenvalue weighted by atomic mass is 9.96. The molecule has 0 fully saturated rings. The summed E-state index contributed by atoms with van der Waals surface area (Å²) >= 11 is 0. The Hall–Kier alpha value is -3.40. The second-order valence-electron chi connectivity index (χ2n) is 11.6. The van der Waals surface area contributed by atoms with Gasteiger partial charge in [-0.2, -0.15) is 0 Å². The normalized spacial score (nSPS) is 14.3. The Morgan fingerprint density at radius 1 is 1.02 bits per heavy atom. The van der Waals surface area contributed by atoms with E-state index in [1.54, 1.807) is 20.8 Å². The molecule has 0 bridgehead atoms. The molecule has 0 aromatic heterocycles. The molecule has 230 valence electrons. The maximum atomic E-state index is 13.5. The number of carbonyl (C=O) groups excluding carboxylic acids is 4. The van der Waals surface area contributed by atoms with Crippen molar-refractivity contribution in [3.8, 4) is 0 Å². The molecule has 0 saturated heterocycles. The van der Waals surface area contributed by atoms with Crippen LogP contribution in [0.2, 0.25) is 0 Å². The standard InChI is InChI=1S/C31H49N3O7/c1-10-17-40-29(37)24(20-39-19-23-15-13-12-14-16-23)32-28(36)26(22(5)11-2)33-27(35)25(18-21(3)4)34(9)30(38)41-31(6,7)8/h10,12-16,21-22,24-26H,1,11,17-20H2,2-9H3,(H,32,36)(H,33,35)/t22-,24+,25+,26+/m1/s1. The summed E-state index contributed by atoms with van der Waals surface area (Å²) in [5.74, 6) is -1.92. The Morgan fingerprint density at radius 3 is 2.20 bits per heavy atom. The molecule has 4 atom stereocenters. The summed E-state index contributed by atoms with van der Waals surface area (Å²) in [6.07, 6.45) is 1.73. The van der Waals surface area contributed by atoms with Crippen molar-refractivity contribution in [2.75, 3.05) is 20.3 Å². The van der Waals surface area contributed by atoms with E-state index in [2.05, 4.69) is 17.2 Å². The number of ether oxygens (including phenoxy) is 3. The van der Waals surface area contributed by atoms with Crippen LogP contribution in [0.5, 0.6) is 0 Å². The van der Waals surface area contributed by atoms with Gasteiger partial charge in [-0.15, -0.1) is 0 Å². The van der Waals surface area contributed by atoms with Gasteiger partial charge in [-0.25, -0.2) is 9.59 Å². The van der Waals surface area contributed by atoms with E-state index >= 15 is 0 Å². The van der Waals surface area contributed by atoms with Gasteiger partial charge in [0.15, 0.2) is 6.04 Å². The second-order valence-corrected chi connectivity index (χ2v) is 11.6. The number of amides is 3. The summed E-state index contributed by atoms with van der Waals surface area (Å²) < 4.78 is 16.4. The maximum absolute atomic E-state index is 13.5. The number of benzene rings is 1. The first-order valence-electron chi connectivity index (χ1n) is 14.2. The van der Waals surface area contributed by atoms with Crippen molar-refractivity contribution >= 4 is 23.9 Å². The van der Waals surface area contributed by atoms with Gasteiger partial charge in [0.2, 0.25) is 11.8 Å². The van der Waals surface area contributed by atoms with Crippen LogP contribution < -0.4 is 10.6 Å². The van der Waals surface area contributed by atoms with Crippen molar-refractivity contribution in [1.29, 1.82) is 0 Å². The van der Waals surface area contributed by atoms with Crippen molar-refractivity contribution in [3.05, 3.63) is 48.6 Å². The smallest absolute Gasteiger partial charge is 0.410 e. The highest BCUT2D eigenvalue weighted by Gasteiger charge is 2.36. The molecule has 1 rings (SSSR count). The largest absolute Gasteiger partial charge is 0.460 e. The molecule has 1 aromatic carbocycles. The van der Waals surface area contributed by atoms with Gasteiger partial charge in [0.05, 0.1) is 13.2 Å². The maximum Gasteiger partial charge on any atom is 0.410 e. The summed E-state index contributed by atoms with van der Waals surface area (Å²) in [6.45, 7) is 16.5. The third-order valence-corrected chi connectivity index (χ3v) is 6.28. The van der Waals surface area contributed by atoms with E-state index in [9.17, 15) is 19.2 Å². The molecule has 10 heteroatoms. The van der Waals surface area contributed by atoms with Crippen LogP contribution in [-0.2, 0) is 35.2 Å². The van der Waals surface area contributed by atoms with Gasteiger partial charge in [-0.05, 0) is 44.6 Å². The van der Waals surface area contributed by atoms with E-state index in [0.29, 0.717) is 12.8 Å². The second kappa shape index (κ2) is 17.4. The molecular weight excluding hydrogens is 526 g/mol. The number of hydrogen-bond acceptors (Lipinski definition) is 7. The van der Waals surface area contributed by atoms with Crippen LogP contribution in [0, 0.1) is 11.8 Å². The van der Waals surface area contributed by atoms with Crippen LogP contribution >= 0.6 is 0 Å². The number of rotatable bonds is 16. The first-order chi connectivity index (χ1) is 19.2. The van der Waals surface area contributed by atoms with Crippen LogP contribution in [0.15, 0.2) is 43.0 Å². The molecule has 0 spiro atoms. The molecule has 0 aliphatic heterocycles. The summed E-state index contributed by atoms with van der Waals surface area (Å²) in [4.78, 5) is 53.9. The fraction of sp³-hybridized carbons (Fsp3) is 0.613. The molecule has 10 nitrogen and oxygen atoms in total. The molecule has 3 amide bonds. The van der Waals surface area contributed by atoms with Crippen LogP contribution in [0.25, 0.3) is 0 Å². The predicted octanol–water partition coefficient (Wildman–Crippen LogP) is 4.23. The number of hydrogen-bond donors (Lipinski definition) is 2. The lowest BCUT2D eigenvalue weighted by Gasteiger charge is -2.33. The molecule has 1 aromatic rings. The Bertz CT molecular complexity index is 991. The van der Waals surface area contributed by atoms with Crippen LogP contribution in [0.4, 0.5) is 4.79 Å². The minimum absolute atomic E-state index is 0.0245. The zero-order valence-corrected chi connectivity index (χ0v) is 25.9. The zero-order chi connectivity index (χ0) is 31.2. The number of esters is 1. The van der Waals surface area contributed by atoms with Gasteiger partial charge >= 0.3 is 12.1 Å². The number of nitrogens with zero attached hydrogens (tertiary/aromatic N) is 1. The van der Waals surface area contributed by atoms with Gasteiger partial charge in [0.25, 0.3) is 0 Å². The average Bonchev–Trinajstić information content (AvgIpc) is 2.91. The lowest BCUT2D eigenvalue weighted by molar-refractivity contribution is -0.149. The molecule has 0 radical (unpaired) electrons. The third kappa shape index (κ3) is 13.2. The third-order valence-electron chi connectivity index (χ3n) is 6.28. The summed E-state index contributed by atoms with van der Waals surface area (Å²) in [6, 6.07) is 6.47. The first kappa shape index (κ1) is 35.6. The highest BCUT2D eigenvalue weighted by atomic mass is 16.6. The molecule has 0 heterocycles. The van der Waals surface area contributed by atoms with Crippen LogP contribution in [0.3, 0.4) is 0 Å². The molecule has 41 heavy (non-hydrogen) atoms. The average molecular weight is 576 g/mol. The fourth-order valence-electron chi connectivity index (χ4n) is 3.84. The number of likely N-dealkylation sites (N-methyl/N-ethyl adjacent to an activating group) is 1. The topological polar surface area (TPSA) is 123 Å². The van der Waals surface area contributed by atoms with Crippen molar-refractivity contribution in [2.45, 2.75) is 91.6 Å². The molecule has 2 N–H and O–H groups in total. The Balaban J connectivity index is 3.11.